The SMILES string of the molecule is CN(CC(=O)NCCc1ccc(F)cc1)Cc1ccccc1C(F)(F)F. The Labute approximate surface area is 149 Å². The van der Waals surface area contributed by atoms with Gasteiger partial charge in [0.05, 0.1) is 12.1 Å². The van der Waals surface area contributed by atoms with Gasteiger partial charge in [-0.05, 0) is 42.8 Å². The zero-order valence-corrected chi connectivity index (χ0v) is 14.3. The highest BCUT2D eigenvalue weighted by molar-refractivity contribution is 5.77. The molecule has 3 nitrogen and oxygen atoms in total. The van der Waals surface area contributed by atoms with Crippen LogP contribution in [0.5, 0.6) is 0 Å². The van der Waals surface area contributed by atoms with Crippen LogP contribution in [0.25, 0.3) is 0 Å². The molecule has 0 atom stereocenters. The van der Waals surface area contributed by atoms with Crippen LogP contribution in [0, 0.1) is 5.82 Å². The summed E-state index contributed by atoms with van der Waals surface area (Å²) < 4.78 is 51.8. The number of carbonyl (C=O) groups excluding carboxylic acids is 1. The van der Waals surface area contributed by atoms with Crippen molar-refractivity contribution < 1.29 is 22.4 Å². The third-order valence-corrected chi connectivity index (χ3v) is 3.83. The predicted octanol–water partition coefficient (Wildman–Crippen LogP) is 3.64. The minimum atomic E-state index is -4.42. The summed E-state index contributed by atoms with van der Waals surface area (Å²) in [6.07, 6.45) is -3.87. The van der Waals surface area contributed by atoms with E-state index in [4.69, 9.17) is 0 Å². The maximum Gasteiger partial charge on any atom is 0.416 e. The molecule has 0 aliphatic rings. The number of rotatable bonds is 7. The number of nitrogens with one attached hydrogen (secondary N) is 1. The van der Waals surface area contributed by atoms with Gasteiger partial charge in [0.25, 0.3) is 0 Å². The minimum Gasteiger partial charge on any atom is -0.355 e. The molecule has 0 saturated carbocycles. The van der Waals surface area contributed by atoms with Gasteiger partial charge < -0.3 is 5.32 Å². The van der Waals surface area contributed by atoms with Crippen molar-refractivity contribution in [3.63, 3.8) is 0 Å². The molecule has 0 aromatic heterocycles. The summed E-state index contributed by atoms with van der Waals surface area (Å²) in [6, 6.07) is 11.3. The van der Waals surface area contributed by atoms with E-state index in [1.807, 2.05) is 0 Å². The lowest BCUT2D eigenvalue weighted by Gasteiger charge is -2.19. The maximum absolute atomic E-state index is 13.0. The monoisotopic (exact) mass is 368 g/mol. The number of likely N-dealkylation sites (N-methyl/N-ethyl adjacent to an activating group) is 1. The molecule has 26 heavy (non-hydrogen) atoms. The quantitative estimate of drug-likeness (QED) is 0.757. The van der Waals surface area contributed by atoms with Crippen molar-refractivity contribution in [3.05, 3.63) is 71.0 Å². The van der Waals surface area contributed by atoms with E-state index in [-0.39, 0.29) is 30.4 Å². The smallest absolute Gasteiger partial charge is 0.355 e. The number of amides is 1. The molecule has 140 valence electrons. The van der Waals surface area contributed by atoms with E-state index in [2.05, 4.69) is 5.32 Å². The molecule has 2 rings (SSSR count). The number of hydrogen-bond donors (Lipinski definition) is 1. The Balaban J connectivity index is 1.81. The average molecular weight is 368 g/mol. The van der Waals surface area contributed by atoms with Gasteiger partial charge in [0.1, 0.15) is 5.82 Å². The van der Waals surface area contributed by atoms with Crippen molar-refractivity contribution in [1.29, 1.82) is 0 Å². The zero-order valence-electron chi connectivity index (χ0n) is 14.3. The van der Waals surface area contributed by atoms with Crippen LogP contribution in [0.3, 0.4) is 0 Å². The Morgan fingerprint density at radius 2 is 1.73 bits per heavy atom. The molecule has 0 saturated heterocycles. The number of carbonyl (C=O) groups is 1. The lowest BCUT2D eigenvalue weighted by atomic mass is 10.1. The number of benzene rings is 2. The molecule has 0 heterocycles. The van der Waals surface area contributed by atoms with Gasteiger partial charge in [0, 0.05) is 13.1 Å². The van der Waals surface area contributed by atoms with Crippen LogP contribution in [0.2, 0.25) is 0 Å². The number of hydrogen-bond acceptors (Lipinski definition) is 2. The molecular formula is C19H20F4N2O. The van der Waals surface area contributed by atoms with E-state index in [1.54, 1.807) is 25.2 Å². The van der Waals surface area contributed by atoms with E-state index in [9.17, 15) is 22.4 Å². The highest BCUT2D eigenvalue weighted by Gasteiger charge is 2.33. The molecule has 0 aliphatic carbocycles. The van der Waals surface area contributed by atoms with Gasteiger partial charge in [-0.15, -0.1) is 0 Å². The van der Waals surface area contributed by atoms with E-state index >= 15 is 0 Å². The van der Waals surface area contributed by atoms with Crippen molar-refractivity contribution in [2.75, 3.05) is 20.1 Å². The summed E-state index contributed by atoms with van der Waals surface area (Å²) in [7, 11) is 1.59. The van der Waals surface area contributed by atoms with Crippen LogP contribution >= 0.6 is 0 Å². The first-order valence-electron chi connectivity index (χ1n) is 8.10. The molecule has 0 unspecified atom stereocenters. The third kappa shape index (κ3) is 6.15. The molecule has 0 spiro atoms. The fourth-order valence-corrected chi connectivity index (χ4v) is 2.58. The van der Waals surface area contributed by atoms with Gasteiger partial charge in [0.15, 0.2) is 0 Å². The van der Waals surface area contributed by atoms with Crippen LogP contribution in [0.1, 0.15) is 16.7 Å². The van der Waals surface area contributed by atoms with Crippen molar-refractivity contribution >= 4 is 5.91 Å². The Morgan fingerprint density at radius 1 is 1.08 bits per heavy atom. The second kappa shape index (κ2) is 8.80. The number of nitrogens with zero attached hydrogens (tertiary/aromatic N) is 1. The van der Waals surface area contributed by atoms with Gasteiger partial charge in [0.2, 0.25) is 5.91 Å². The normalized spacial score (nSPS) is 11.6. The van der Waals surface area contributed by atoms with Crippen molar-refractivity contribution in [2.24, 2.45) is 0 Å². The Bertz CT molecular complexity index is 729. The minimum absolute atomic E-state index is 0.0149. The van der Waals surface area contributed by atoms with E-state index in [0.29, 0.717) is 13.0 Å². The summed E-state index contributed by atoms with van der Waals surface area (Å²) in [5.74, 6) is -0.599. The molecule has 0 aliphatic heterocycles. The lowest BCUT2D eigenvalue weighted by molar-refractivity contribution is -0.138. The summed E-state index contributed by atoms with van der Waals surface area (Å²) in [4.78, 5) is 13.5. The maximum atomic E-state index is 13.0. The number of halogens is 4. The molecule has 7 heteroatoms. The van der Waals surface area contributed by atoms with Crippen LogP contribution in [-0.2, 0) is 23.9 Å². The fraction of sp³-hybridized carbons (Fsp3) is 0.316. The van der Waals surface area contributed by atoms with Gasteiger partial charge in [-0.3, -0.25) is 9.69 Å². The van der Waals surface area contributed by atoms with Gasteiger partial charge in [-0.1, -0.05) is 30.3 Å². The molecule has 2 aromatic rings. The highest BCUT2D eigenvalue weighted by Crippen LogP contribution is 2.32. The summed E-state index contributed by atoms with van der Waals surface area (Å²) in [5, 5.41) is 2.71. The first-order chi connectivity index (χ1) is 12.3. The van der Waals surface area contributed by atoms with Crippen molar-refractivity contribution in [2.45, 2.75) is 19.1 Å². The van der Waals surface area contributed by atoms with Gasteiger partial charge >= 0.3 is 6.18 Å². The molecule has 0 fully saturated rings. The first-order valence-corrected chi connectivity index (χ1v) is 8.10. The molecule has 0 bridgehead atoms. The average Bonchev–Trinajstić information content (AvgIpc) is 2.56. The van der Waals surface area contributed by atoms with Gasteiger partial charge in [-0.25, -0.2) is 4.39 Å². The third-order valence-electron chi connectivity index (χ3n) is 3.83. The van der Waals surface area contributed by atoms with Crippen LogP contribution in [-0.4, -0.2) is 30.9 Å². The largest absolute Gasteiger partial charge is 0.416 e. The van der Waals surface area contributed by atoms with Crippen LogP contribution in [0.4, 0.5) is 17.6 Å². The van der Waals surface area contributed by atoms with E-state index in [1.165, 1.54) is 29.2 Å². The molecule has 2 aromatic carbocycles. The van der Waals surface area contributed by atoms with E-state index in [0.717, 1.165) is 11.6 Å². The molecule has 0 radical (unpaired) electrons. The van der Waals surface area contributed by atoms with E-state index < -0.39 is 11.7 Å². The standard InChI is InChI=1S/C19H20F4N2O/c1-25(12-15-4-2-3-5-17(15)19(21,22)23)13-18(26)24-11-10-14-6-8-16(20)9-7-14/h2-9H,10-13H2,1H3,(H,24,26). The first kappa shape index (κ1) is 19.9. The summed E-state index contributed by atoms with van der Waals surface area (Å²) >= 11 is 0. The Hall–Kier alpha value is -2.41. The van der Waals surface area contributed by atoms with Crippen LogP contribution < -0.4 is 5.32 Å². The van der Waals surface area contributed by atoms with Crippen LogP contribution in [0.15, 0.2) is 48.5 Å². The van der Waals surface area contributed by atoms with Crippen molar-refractivity contribution in [3.8, 4) is 0 Å². The predicted molar refractivity (Wildman–Crippen MR) is 90.9 cm³/mol. The molecule has 1 amide bonds. The Kier molecular flexibility index (Phi) is 6.74. The van der Waals surface area contributed by atoms with Gasteiger partial charge in [-0.2, -0.15) is 13.2 Å². The summed E-state index contributed by atoms with van der Waals surface area (Å²) in [6.45, 7) is 0.369. The fourth-order valence-electron chi connectivity index (χ4n) is 2.58. The van der Waals surface area contributed by atoms with Crippen molar-refractivity contribution in [1.82, 2.24) is 10.2 Å². The topological polar surface area (TPSA) is 32.3 Å². The lowest BCUT2D eigenvalue weighted by Crippen LogP contribution is -2.36. The second-order valence-electron chi connectivity index (χ2n) is 6.05. The summed E-state index contributed by atoms with van der Waals surface area (Å²) in [5.41, 5.74) is 0.323. The highest BCUT2D eigenvalue weighted by atomic mass is 19.4. The molecule has 1 N–H and O–H groups in total. The number of alkyl halides is 3. The molecular weight excluding hydrogens is 348 g/mol. The zero-order chi connectivity index (χ0) is 19.2. The second-order valence-corrected chi connectivity index (χ2v) is 6.05. The Morgan fingerprint density at radius 3 is 2.38 bits per heavy atom.